The van der Waals surface area contributed by atoms with E-state index in [9.17, 15) is 24.0 Å². The first-order chi connectivity index (χ1) is 20.2. The van der Waals surface area contributed by atoms with Gasteiger partial charge in [0.15, 0.2) is 0 Å². The Bertz CT molecular complexity index is 773. The Balaban J connectivity index is 3.49. The van der Waals surface area contributed by atoms with Crippen molar-refractivity contribution in [3.05, 3.63) is 0 Å². The summed E-state index contributed by atoms with van der Waals surface area (Å²) in [6, 6.07) is -1.14. The fraction of sp³-hybridized carbons (Fsp3) is 0.808. The van der Waals surface area contributed by atoms with Gasteiger partial charge < -0.3 is 50.4 Å². The van der Waals surface area contributed by atoms with Crippen molar-refractivity contribution >= 4 is 29.5 Å². The number of rotatable bonds is 29. The van der Waals surface area contributed by atoms with Crippen LogP contribution in [0.15, 0.2) is 0 Å². The van der Waals surface area contributed by atoms with Gasteiger partial charge >= 0.3 is 5.97 Å². The zero-order valence-electron chi connectivity index (χ0n) is 24.7. The van der Waals surface area contributed by atoms with Crippen molar-refractivity contribution in [3.8, 4) is 0 Å². The lowest BCUT2D eigenvalue weighted by molar-refractivity contribution is -0.140. The highest BCUT2D eigenvalue weighted by atomic mass is 16.5. The lowest BCUT2D eigenvalue weighted by Crippen LogP contribution is -2.38. The fourth-order valence-electron chi connectivity index (χ4n) is 3.44. The van der Waals surface area contributed by atoms with Crippen molar-refractivity contribution in [2.45, 2.75) is 51.1 Å². The maximum Gasteiger partial charge on any atom is 0.320 e. The molecule has 0 spiro atoms. The molecular weight excluding hydrogens is 558 g/mol. The molecule has 0 heterocycles. The second kappa shape index (κ2) is 27.1. The van der Waals surface area contributed by atoms with E-state index in [-0.39, 0.29) is 102 Å². The Kier molecular flexibility index (Phi) is 25.4. The van der Waals surface area contributed by atoms with Gasteiger partial charge in [-0.05, 0) is 39.7 Å². The smallest absolute Gasteiger partial charge is 0.320 e. The molecule has 0 radical (unpaired) electrons. The number of ether oxygens (including phenoxy) is 4. The molecule has 7 N–H and O–H groups in total. The molecule has 0 saturated carbocycles. The van der Waals surface area contributed by atoms with Crippen molar-refractivity contribution in [1.29, 1.82) is 0 Å². The van der Waals surface area contributed by atoms with Crippen LogP contribution in [0, 0.1) is 0 Å². The van der Waals surface area contributed by atoms with Crippen molar-refractivity contribution in [3.63, 3.8) is 0 Å². The molecule has 3 amide bonds. The van der Waals surface area contributed by atoms with Crippen molar-refractivity contribution < 1.29 is 53.1 Å². The number of aliphatic hydroxyl groups excluding tert-OH is 1. The molecule has 244 valence electrons. The summed E-state index contributed by atoms with van der Waals surface area (Å²) in [7, 11) is 1.75. The number of aliphatic hydroxyl groups is 1. The number of carbonyl (C=O) groups excluding carboxylic acids is 4. The largest absolute Gasteiger partial charge is 0.480 e. The number of carbonyl (C=O) groups is 5. The van der Waals surface area contributed by atoms with E-state index in [1.807, 2.05) is 0 Å². The van der Waals surface area contributed by atoms with Gasteiger partial charge in [-0.2, -0.15) is 0 Å². The zero-order valence-corrected chi connectivity index (χ0v) is 24.7. The molecule has 0 aromatic carbocycles. The number of hydrogen-bond acceptors (Lipinski definition) is 12. The third-order valence-electron chi connectivity index (χ3n) is 5.72. The topological polar surface area (TPSA) is 223 Å². The van der Waals surface area contributed by atoms with Crippen LogP contribution in [-0.2, 0) is 42.9 Å². The van der Waals surface area contributed by atoms with Gasteiger partial charge in [-0.3, -0.25) is 29.3 Å². The molecule has 0 aromatic heterocycles. The zero-order chi connectivity index (χ0) is 31.4. The number of amides is 3. The number of nitrogens with one attached hydrogen (secondary N) is 5. The molecule has 0 fully saturated rings. The molecule has 2 atom stereocenters. The highest BCUT2D eigenvalue weighted by Crippen LogP contribution is 2.01. The minimum atomic E-state index is -1.14. The number of unbranched alkanes of at least 4 members (excludes halogenated alkanes) is 1. The normalized spacial score (nSPS) is 12.4. The lowest BCUT2D eigenvalue weighted by atomic mass is 10.1. The van der Waals surface area contributed by atoms with Crippen LogP contribution >= 0.6 is 0 Å². The molecule has 16 heteroatoms. The van der Waals surface area contributed by atoms with Crippen molar-refractivity contribution in [2.75, 3.05) is 86.3 Å². The first-order valence-electron chi connectivity index (χ1n) is 14.1. The number of likely N-dealkylation sites (N-methyl/N-ethyl adjacent to an activating group) is 1. The van der Waals surface area contributed by atoms with Crippen LogP contribution in [0.1, 0.15) is 39.0 Å². The Hall–Kier alpha value is -2.73. The fourth-order valence-corrected chi connectivity index (χ4v) is 3.44. The van der Waals surface area contributed by atoms with Crippen LogP contribution < -0.4 is 26.6 Å². The van der Waals surface area contributed by atoms with E-state index in [4.69, 9.17) is 29.2 Å². The maximum atomic E-state index is 11.7. The number of carboxylic acids is 1. The Labute approximate surface area is 246 Å². The van der Waals surface area contributed by atoms with E-state index in [0.29, 0.717) is 13.1 Å². The monoisotopic (exact) mass is 607 g/mol. The summed E-state index contributed by atoms with van der Waals surface area (Å²) in [5.41, 5.74) is 0. The predicted molar refractivity (Wildman–Crippen MR) is 151 cm³/mol. The second-order valence-corrected chi connectivity index (χ2v) is 9.12. The minimum absolute atomic E-state index is 0.00991. The van der Waals surface area contributed by atoms with Crippen LogP contribution in [0.5, 0.6) is 0 Å². The van der Waals surface area contributed by atoms with Crippen LogP contribution in [-0.4, -0.2) is 138 Å². The standard InChI is InChI=1S/C26H49N5O11/c1-20(33)21(27-2)5-3-4-8-28-24(35)17-41-15-14-40-12-10-30-25(36)18-42-16-13-39-11-9-29-23(34)7-6-22(26(37)38)31-19-32/h21-22,27,31-32H,3-19H2,1-2H3,(H,28,35)(H,29,34)(H,30,36)(H,37,38). The van der Waals surface area contributed by atoms with E-state index < -0.39 is 18.7 Å². The van der Waals surface area contributed by atoms with Gasteiger partial charge in [-0.1, -0.05) is 0 Å². The van der Waals surface area contributed by atoms with Crippen molar-refractivity contribution in [2.24, 2.45) is 0 Å². The van der Waals surface area contributed by atoms with Gasteiger partial charge in [0.25, 0.3) is 0 Å². The summed E-state index contributed by atoms with van der Waals surface area (Å²) in [5.74, 6) is -1.89. The van der Waals surface area contributed by atoms with Crippen LogP contribution in [0.25, 0.3) is 0 Å². The molecule has 2 unspecified atom stereocenters. The molecule has 0 saturated heterocycles. The summed E-state index contributed by atoms with van der Waals surface area (Å²) >= 11 is 0. The van der Waals surface area contributed by atoms with E-state index in [1.165, 1.54) is 0 Å². The third-order valence-corrected chi connectivity index (χ3v) is 5.72. The molecule has 0 aromatic rings. The van der Waals surface area contributed by atoms with Gasteiger partial charge in [-0.15, -0.1) is 0 Å². The van der Waals surface area contributed by atoms with Gasteiger partial charge in [0.1, 0.15) is 25.0 Å². The van der Waals surface area contributed by atoms with Crippen LogP contribution in [0.3, 0.4) is 0 Å². The number of carboxylic acid groups (broad SMARTS) is 1. The van der Waals surface area contributed by atoms with Gasteiger partial charge in [0.2, 0.25) is 17.7 Å². The second-order valence-electron chi connectivity index (χ2n) is 9.12. The Morgan fingerprint density at radius 3 is 1.69 bits per heavy atom. The number of ketones is 1. The quantitative estimate of drug-likeness (QED) is 0.0346. The average molecular weight is 608 g/mol. The summed E-state index contributed by atoms with van der Waals surface area (Å²) in [5, 5.41) is 31.0. The summed E-state index contributed by atoms with van der Waals surface area (Å²) < 4.78 is 21.1. The first-order valence-corrected chi connectivity index (χ1v) is 14.1. The van der Waals surface area contributed by atoms with Crippen LogP contribution in [0.2, 0.25) is 0 Å². The molecule has 16 nitrogen and oxygen atoms in total. The van der Waals surface area contributed by atoms with E-state index in [0.717, 1.165) is 19.3 Å². The lowest BCUT2D eigenvalue weighted by Gasteiger charge is -2.12. The number of aliphatic carboxylic acids is 1. The summed E-state index contributed by atoms with van der Waals surface area (Å²) in [4.78, 5) is 57.5. The van der Waals surface area contributed by atoms with Gasteiger partial charge in [-0.25, -0.2) is 0 Å². The predicted octanol–water partition coefficient (Wildman–Crippen LogP) is -2.48. The Morgan fingerprint density at radius 1 is 0.667 bits per heavy atom. The minimum Gasteiger partial charge on any atom is -0.480 e. The molecular formula is C26H49N5O11. The maximum absolute atomic E-state index is 11.7. The van der Waals surface area contributed by atoms with E-state index in [2.05, 4.69) is 26.6 Å². The first kappa shape index (κ1) is 39.3. The van der Waals surface area contributed by atoms with Crippen LogP contribution in [0.4, 0.5) is 0 Å². The number of hydrogen-bond donors (Lipinski definition) is 7. The highest BCUT2D eigenvalue weighted by Gasteiger charge is 2.17. The molecule has 42 heavy (non-hydrogen) atoms. The van der Waals surface area contributed by atoms with Gasteiger partial charge in [0, 0.05) is 26.1 Å². The molecule has 0 rings (SSSR count). The number of Topliss-reactive ketones (excluding diaryl/α,β-unsaturated/α-hetero) is 1. The third kappa shape index (κ3) is 23.9. The highest BCUT2D eigenvalue weighted by molar-refractivity contribution is 5.81. The molecule has 0 aliphatic heterocycles. The summed E-state index contributed by atoms with van der Waals surface area (Å²) in [6.07, 6.45) is 2.37. The van der Waals surface area contributed by atoms with E-state index >= 15 is 0 Å². The van der Waals surface area contributed by atoms with E-state index in [1.54, 1.807) is 14.0 Å². The van der Waals surface area contributed by atoms with Gasteiger partial charge in [0.05, 0.1) is 52.4 Å². The summed E-state index contributed by atoms with van der Waals surface area (Å²) in [6.45, 7) is 3.34. The Morgan fingerprint density at radius 2 is 1.19 bits per heavy atom. The van der Waals surface area contributed by atoms with Crippen molar-refractivity contribution in [1.82, 2.24) is 26.6 Å². The SMILES string of the molecule is CNC(CCCCNC(=O)COCCOCCNC(=O)COCCOCCNC(=O)CCC(NCO)C(=O)O)C(C)=O. The molecule has 0 aliphatic carbocycles. The molecule has 0 bridgehead atoms. The molecule has 0 aliphatic rings. The average Bonchev–Trinajstić information content (AvgIpc) is 2.95.